The summed E-state index contributed by atoms with van der Waals surface area (Å²) >= 11 is 0. The van der Waals surface area contributed by atoms with Gasteiger partial charge in [-0.3, -0.25) is 20.1 Å². The van der Waals surface area contributed by atoms with E-state index < -0.39 is 5.82 Å². The van der Waals surface area contributed by atoms with Crippen LogP contribution < -0.4 is 16.0 Å². The largest absolute Gasteiger partial charge is 0.398 e. The molecule has 34 heavy (non-hydrogen) atoms. The Morgan fingerprint density at radius 2 is 2.00 bits per heavy atom. The van der Waals surface area contributed by atoms with Crippen LogP contribution in [0.15, 0.2) is 53.2 Å². The number of amidine groups is 1. The second-order valence-electron chi connectivity index (χ2n) is 7.84. The van der Waals surface area contributed by atoms with E-state index in [0.29, 0.717) is 29.9 Å². The zero-order chi connectivity index (χ0) is 25.1. The quantitative estimate of drug-likeness (QED) is 0.147. The first-order valence-electron chi connectivity index (χ1n) is 11.1. The summed E-state index contributed by atoms with van der Waals surface area (Å²) in [5.74, 6) is -0.587. The Morgan fingerprint density at radius 3 is 2.65 bits per heavy atom. The first-order valence-corrected chi connectivity index (χ1v) is 11.1. The van der Waals surface area contributed by atoms with E-state index in [2.05, 4.69) is 10.3 Å². The van der Waals surface area contributed by atoms with E-state index in [9.17, 15) is 9.18 Å². The fourth-order valence-corrected chi connectivity index (χ4v) is 3.52. The number of anilines is 2. The third-order valence-electron chi connectivity index (χ3n) is 5.51. The molecule has 0 saturated carbocycles. The van der Waals surface area contributed by atoms with Crippen molar-refractivity contribution in [2.24, 2.45) is 4.99 Å². The van der Waals surface area contributed by atoms with Gasteiger partial charge >= 0.3 is 0 Å². The molecule has 1 amide bonds. The summed E-state index contributed by atoms with van der Waals surface area (Å²) in [5, 5.41) is 20.6. The van der Waals surface area contributed by atoms with Crippen LogP contribution in [0.1, 0.15) is 56.2 Å². The Balaban J connectivity index is 2.40. The topological polar surface area (TPSA) is 118 Å². The number of nitrogen functional groups attached to an aromatic ring is 1. The lowest BCUT2D eigenvalue weighted by molar-refractivity contribution is -0.109. The number of unbranched alkanes of at least 4 members (excludes halogenated alkanes) is 3. The minimum Gasteiger partial charge on any atom is -0.398 e. The maximum atomic E-state index is 14.3. The molecule has 0 radical (unpaired) electrons. The third kappa shape index (κ3) is 6.75. The highest BCUT2D eigenvalue weighted by atomic mass is 19.1. The summed E-state index contributed by atoms with van der Waals surface area (Å²) < 4.78 is 14.3. The Kier molecular flexibility index (Phi) is 9.96. The third-order valence-corrected chi connectivity index (χ3v) is 5.51. The molecule has 0 heterocycles. The minimum atomic E-state index is -0.665. The molecule has 0 aliphatic carbocycles. The van der Waals surface area contributed by atoms with Crippen LogP contribution in [0.4, 0.5) is 15.8 Å². The number of nitrogens with two attached hydrogens (primary N) is 1. The van der Waals surface area contributed by atoms with Gasteiger partial charge in [-0.05, 0) is 69.5 Å². The Hall–Kier alpha value is -3.99. The summed E-state index contributed by atoms with van der Waals surface area (Å²) in [6, 6.07) is 11.4. The van der Waals surface area contributed by atoms with E-state index >= 15 is 0 Å². The molecule has 2 aromatic rings. The van der Waals surface area contributed by atoms with Crippen molar-refractivity contribution in [2.45, 2.75) is 39.5 Å². The average molecular weight is 463 g/mol. The summed E-state index contributed by atoms with van der Waals surface area (Å²) in [4.78, 5) is 16.3. The van der Waals surface area contributed by atoms with Crippen molar-refractivity contribution in [1.29, 1.82) is 10.7 Å². The van der Waals surface area contributed by atoms with Gasteiger partial charge in [0.15, 0.2) is 0 Å². The number of carbonyl (C=O) groups is 1. The number of rotatable bonds is 11. The normalized spacial score (nSPS) is 11.6. The van der Waals surface area contributed by atoms with Crippen LogP contribution in [0.25, 0.3) is 0 Å². The molecule has 7 nitrogen and oxygen atoms in total. The predicted octanol–water partition coefficient (Wildman–Crippen LogP) is 4.76. The molecule has 0 atom stereocenters. The van der Waals surface area contributed by atoms with Crippen molar-refractivity contribution in [2.75, 3.05) is 24.2 Å². The number of hydrogen-bond donors (Lipinski definition) is 3. The number of nitrogens with zero attached hydrogens (tertiary/aromatic N) is 3. The molecule has 8 heteroatoms. The van der Waals surface area contributed by atoms with Crippen molar-refractivity contribution >= 4 is 29.3 Å². The number of amides is 1. The van der Waals surface area contributed by atoms with Crippen molar-refractivity contribution in [3.8, 4) is 6.07 Å². The van der Waals surface area contributed by atoms with Crippen molar-refractivity contribution in [1.82, 2.24) is 5.32 Å². The zero-order valence-electron chi connectivity index (χ0n) is 19.9. The van der Waals surface area contributed by atoms with Crippen molar-refractivity contribution < 1.29 is 9.18 Å². The van der Waals surface area contributed by atoms with Crippen molar-refractivity contribution in [3.63, 3.8) is 0 Å². The molecule has 0 unspecified atom stereocenters. The summed E-state index contributed by atoms with van der Waals surface area (Å²) in [6.07, 6.45) is 6.31. The van der Waals surface area contributed by atoms with Crippen LogP contribution in [0.2, 0.25) is 0 Å². The molecular weight excluding hydrogens is 431 g/mol. The van der Waals surface area contributed by atoms with Crippen molar-refractivity contribution in [3.05, 3.63) is 70.7 Å². The second kappa shape index (κ2) is 12.9. The van der Waals surface area contributed by atoms with E-state index in [-0.39, 0.29) is 11.4 Å². The maximum absolute atomic E-state index is 14.3. The van der Waals surface area contributed by atoms with Gasteiger partial charge in [-0.2, -0.15) is 5.26 Å². The highest BCUT2D eigenvalue weighted by molar-refractivity contribution is 6.11. The van der Waals surface area contributed by atoms with Crippen LogP contribution in [0, 0.1) is 22.6 Å². The fraction of sp³-hybridized carbons (Fsp3) is 0.308. The lowest BCUT2D eigenvalue weighted by Crippen LogP contribution is -2.29. The highest BCUT2D eigenvalue weighted by Gasteiger charge is 2.19. The van der Waals surface area contributed by atoms with E-state index in [1.807, 2.05) is 38.1 Å². The number of carbonyl (C=O) groups excluding carboxylic acids is 1. The molecule has 178 valence electrons. The second-order valence-corrected chi connectivity index (χ2v) is 7.84. The van der Waals surface area contributed by atoms with Gasteiger partial charge in [-0.25, -0.2) is 4.39 Å². The lowest BCUT2D eigenvalue weighted by atomic mass is 10.0. The Morgan fingerprint density at radius 1 is 1.24 bits per heavy atom. The fourth-order valence-electron chi connectivity index (χ4n) is 3.52. The van der Waals surface area contributed by atoms with E-state index in [0.717, 1.165) is 42.7 Å². The molecule has 0 saturated heterocycles. The van der Waals surface area contributed by atoms with Gasteiger partial charge in [0.1, 0.15) is 17.7 Å². The zero-order valence-corrected chi connectivity index (χ0v) is 19.9. The smallest absolute Gasteiger partial charge is 0.207 e. The maximum Gasteiger partial charge on any atom is 0.207 e. The SMILES string of the molecule is CN=C(C)c1cc(N(C(=N)c2ccc(C#N)c(F)c2)/C(C)=C/CCCCCNC=O)ccc1N. The van der Waals surface area contributed by atoms with Gasteiger partial charge in [0, 0.05) is 47.5 Å². The van der Waals surface area contributed by atoms with Crippen LogP contribution >= 0.6 is 0 Å². The van der Waals surface area contributed by atoms with Gasteiger partial charge in [0.2, 0.25) is 6.41 Å². The molecule has 0 aliphatic rings. The van der Waals surface area contributed by atoms with E-state index in [1.165, 1.54) is 12.1 Å². The van der Waals surface area contributed by atoms with Crippen LogP contribution in [-0.4, -0.2) is 31.5 Å². The van der Waals surface area contributed by atoms with Crippen LogP contribution in [0.3, 0.4) is 0 Å². The molecule has 4 N–H and O–H groups in total. The number of aliphatic imine (C=N–C) groups is 1. The molecule has 0 aromatic heterocycles. The standard InChI is InChI=1S/C26H31FN6O/c1-18(8-6-4-5-7-13-32-17-34)33(22-11-12-25(29)23(15-22)19(2)31-3)26(30)20-9-10-21(16-28)24(27)14-20/h8-12,14-15,17,30H,4-7,13,29H2,1-3H3,(H,32,34)/b18-8+,30-26?,31-19?. The highest BCUT2D eigenvalue weighted by Crippen LogP contribution is 2.27. The number of halogens is 1. The van der Waals surface area contributed by atoms with Gasteiger partial charge in [0.05, 0.1) is 5.56 Å². The molecule has 0 aliphatic heterocycles. The van der Waals surface area contributed by atoms with Gasteiger partial charge in [0.25, 0.3) is 0 Å². The van der Waals surface area contributed by atoms with Gasteiger partial charge in [-0.15, -0.1) is 0 Å². The molecule has 2 rings (SSSR count). The first-order chi connectivity index (χ1) is 16.3. The summed E-state index contributed by atoms with van der Waals surface area (Å²) in [7, 11) is 1.69. The van der Waals surface area contributed by atoms with E-state index in [4.69, 9.17) is 16.4 Å². The molecule has 2 aromatic carbocycles. The Labute approximate surface area is 200 Å². The number of hydrogen-bond acceptors (Lipinski definition) is 5. The van der Waals surface area contributed by atoms with Gasteiger partial charge < -0.3 is 11.1 Å². The average Bonchev–Trinajstić information content (AvgIpc) is 2.83. The minimum absolute atomic E-state index is 0.0658. The molecular formula is C26H31FN6O. The molecule has 0 fully saturated rings. The number of nitrogens with one attached hydrogen (secondary N) is 2. The Bertz CT molecular complexity index is 1130. The lowest BCUT2D eigenvalue weighted by Gasteiger charge is -2.27. The molecule has 0 spiro atoms. The van der Waals surface area contributed by atoms with E-state index in [1.54, 1.807) is 24.1 Å². The predicted molar refractivity (Wildman–Crippen MR) is 136 cm³/mol. The number of allylic oxidation sites excluding steroid dienone is 2. The molecule has 0 bridgehead atoms. The van der Waals surface area contributed by atoms with Crippen LogP contribution in [0.5, 0.6) is 0 Å². The first kappa shape index (κ1) is 26.3. The monoisotopic (exact) mass is 462 g/mol. The summed E-state index contributed by atoms with van der Waals surface area (Å²) in [6.45, 7) is 4.42. The number of nitriles is 1. The van der Waals surface area contributed by atoms with Gasteiger partial charge in [-0.1, -0.05) is 12.5 Å². The summed E-state index contributed by atoms with van der Waals surface area (Å²) in [5.41, 5.74) is 10.1. The number of benzene rings is 2. The van der Waals surface area contributed by atoms with Crippen LogP contribution in [-0.2, 0) is 4.79 Å².